The second-order valence-electron chi connectivity index (χ2n) is 5.51. The van der Waals surface area contributed by atoms with Crippen molar-refractivity contribution in [1.29, 1.82) is 0 Å². The quantitative estimate of drug-likeness (QED) is 0.563. The molecule has 0 saturated carbocycles. The van der Waals surface area contributed by atoms with Gasteiger partial charge in [0.15, 0.2) is 4.32 Å². The average molecular weight is 356 g/mol. The fraction of sp³-hybridized carbons (Fsp3) is 0.533. The monoisotopic (exact) mass is 355 g/mol. The van der Waals surface area contributed by atoms with Gasteiger partial charge in [0.25, 0.3) is 0 Å². The van der Waals surface area contributed by atoms with Gasteiger partial charge in [-0.1, -0.05) is 42.2 Å². The molecule has 1 amide bonds. The molecule has 0 radical (unpaired) electrons. The first-order valence-electron chi connectivity index (χ1n) is 7.36. The van der Waals surface area contributed by atoms with Crippen LogP contribution >= 0.6 is 35.6 Å². The van der Waals surface area contributed by atoms with Crippen molar-refractivity contribution in [3.63, 3.8) is 0 Å². The normalized spacial score (nSPS) is 28.2. The number of alkyl halides is 1. The van der Waals surface area contributed by atoms with E-state index in [0.717, 1.165) is 35.0 Å². The van der Waals surface area contributed by atoms with E-state index in [1.165, 1.54) is 11.8 Å². The van der Waals surface area contributed by atoms with E-state index in [4.69, 9.17) is 28.9 Å². The molecule has 3 aliphatic rings. The molecule has 0 aromatic rings. The van der Waals surface area contributed by atoms with Crippen molar-refractivity contribution in [2.75, 3.05) is 19.3 Å². The maximum Gasteiger partial charge on any atom is 0.223 e. The molecule has 0 bridgehead atoms. The SMILES string of the molecule is CSC(=S)N1CC(N2CCCC2=O)C(C2=CCC(Cl)C=C2)=N1. The predicted octanol–water partition coefficient (Wildman–Crippen LogP) is 2.79. The summed E-state index contributed by atoms with van der Waals surface area (Å²) in [5.74, 6) is 0.213. The third-order valence-corrected chi connectivity index (χ3v) is 5.70. The molecule has 0 N–H and O–H groups in total. The number of hydrogen-bond acceptors (Lipinski definition) is 4. The lowest BCUT2D eigenvalue weighted by Crippen LogP contribution is -2.44. The van der Waals surface area contributed by atoms with Crippen LogP contribution < -0.4 is 0 Å². The number of hydrazone groups is 1. The van der Waals surface area contributed by atoms with E-state index in [2.05, 4.69) is 6.08 Å². The summed E-state index contributed by atoms with van der Waals surface area (Å²) in [6.07, 6.45) is 10.4. The van der Waals surface area contributed by atoms with Crippen LogP contribution in [0.5, 0.6) is 0 Å². The van der Waals surface area contributed by atoms with Crippen LogP contribution in [0.3, 0.4) is 0 Å². The Kier molecular flexibility index (Phi) is 4.90. The lowest BCUT2D eigenvalue weighted by molar-refractivity contribution is -0.128. The minimum Gasteiger partial charge on any atom is -0.332 e. The van der Waals surface area contributed by atoms with Crippen molar-refractivity contribution in [1.82, 2.24) is 9.91 Å². The molecule has 3 rings (SSSR count). The molecule has 2 atom stereocenters. The second-order valence-corrected chi connectivity index (χ2v) is 7.51. The molecule has 2 heterocycles. The van der Waals surface area contributed by atoms with Crippen molar-refractivity contribution >= 4 is 51.5 Å². The topological polar surface area (TPSA) is 35.9 Å². The molecule has 7 heteroatoms. The second kappa shape index (κ2) is 6.72. The number of thioether (sulfide) groups is 1. The van der Waals surface area contributed by atoms with Crippen molar-refractivity contribution in [2.45, 2.75) is 30.7 Å². The Balaban J connectivity index is 1.88. The zero-order valence-corrected chi connectivity index (χ0v) is 14.8. The highest BCUT2D eigenvalue weighted by Crippen LogP contribution is 2.27. The van der Waals surface area contributed by atoms with Crippen molar-refractivity contribution in [3.8, 4) is 0 Å². The lowest BCUT2D eigenvalue weighted by Gasteiger charge is -2.26. The first-order valence-corrected chi connectivity index (χ1v) is 9.43. The Morgan fingerprint density at radius 1 is 1.55 bits per heavy atom. The molecule has 0 spiro atoms. The van der Waals surface area contributed by atoms with Crippen molar-refractivity contribution in [3.05, 3.63) is 23.8 Å². The summed E-state index contributed by atoms with van der Waals surface area (Å²) in [5.41, 5.74) is 2.00. The van der Waals surface area contributed by atoms with Crippen LogP contribution in [-0.4, -0.2) is 56.6 Å². The van der Waals surface area contributed by atoms with E-state index in [-0.39, 0.29) is 17.3 Å². The zero-order chi connectivity index (χ0) is 15.7. The Bertz CT molecular complexity index is 587. The smallest absolute Gasteiger partial charge is 0.223 e. The minimum absolute atomic E-state index is 0.0112. The summed E-state index contributed by atoms with van der Waals surface area (Å²) < 4.78 is 0.738. The number of likely N-dealkylation sites (tertiary alicyclic amines) is 1. The highest BCUT2D eigenvalue weighted by atomic mass is 35.5. The molecular formula is C15H18ClN3OS2. The molecule has 118 valence electrons. The third-order valence-electron chi connectivity index (χ3n) is 4.10. The Morgan fingerprint density at radius 2 is 2.36 bits per heavy atom. The van der Waals surface area contributed by atoms with Crippen LogP contribution in [0.15, 0.2) is 28.9 Å². The first-order chi connectivity index (χ1) is 10.6. The van der Waals surface area contributed by atoms with Gasteiger partial charge in [0, 0.05) is 13.0 Å². The van der Waals surface area contributed by atoms with Gasteiger partial charge in [-0.05, 0) is 24.7 Å². The molecule has 2 aliphatic heterocycles. The van der Waals surface area contributed by atoms with Gasteiger partial charge in [0.1, 0.15) is 0 Å². The number of thiocarbonyl (C=S) groups is 1. The van der Waals surface area contributed by atoms with Crippen LogP contribution in [0.4, 0.5) is 0 Å². The minimum atomic E-state index is -0.0112. The molecule has 1 aliphatic carbocycles. The summed E-state index contributed by atoms with van der Waals surface area (Å²) in [6, 6.07) is -0.0112. The molecule has 0 aromatic carbocycles. The van der Waals surface area contributed by atoms with E-state index >= 15 is 0 Å². The summed E-state index contributed by atoms with van der Waals surface area (Å²) in [4.78, 5) is 14.1. The number of hydrogen-bond donors (Lipinski definition) is 0. The van der Waals surface area contributed by atoms with Gasteiger partial charge in [-0.2, -0.15) is 5.10 Å². The van der Waals surface area contributed by atoms with Crippen LogP contribution in [0, 0.1) is 0 Å². The van der Waals surface area contributed by atoms with Crippen LogP contribution in [-0.2, 0) is 4.79 Å². The number of rotatable bonds is 2. The van der Waals surface area contributed by atoms with E-state index in [9.17, 15) is 4.79 Å². The van der Waals surface area contributed by atoms with E-state index < -0.39 is 0 Å². The summed E-state index contributed by atoms with van der Waals surface area (Å²) >= 11 is 13.0. The number of halogens is 1. The number of allylic oxidation sites excluding steroid dienone is 3. The highest BCUT2D eigenvalue weighted by Gasteiger charge is 2.38. The largest absolute Gasteiger partial charge is 0.332 e. The molecule has 4 nitrogen and oxygen atoms in total. The number of amides is 1. The Hall–Kier alpha value is -0.850. The van der Waals surface area contributed by atoms with Gasteiger partial charge in [-0.3, -0.25) is 4.79 Å². The molecule has 0 aromatic heterocycles. The van der Waals surface area contributed by atoms with Crippen LogP contribution in [0.2, 0.25) is 0 Å². The third kappa shape index (κ3) is 3.09. The fourth-order valence-corrected chi connectivity index (χ4v) is 3.59. The zero-order valence-electron chi connectivity index (χ0n) is 12.4. The van der Waals surface area contributed by atoms with Crippen molar-refractivity contribution < 1.29 is 4.79 Å². The van der Waals surface area contributed by atoms with Crippen LogP contribution in [0.25, 0.3) is 0 Å². The van der Waals surface area contributed by atoms with E-state index in [1.807, 2.05) is 28.3 Å². The maximum atomic E-state index is 12.1. The van der Waals surface area contributed by atoms with Gasteiger partial charge in [-0.15, -0.1) is 11.6 Å². The molecule has 2 unspecified atom stereocenters. The average Bonchev–Trinajstić information content (AvgIpc) is 3.13. The van der Waals surface area contributed by atoms with E-state index in [1.54, 1.807) is 0 Å². The Labute approximate surface area is 145 Å². The first kappa shape index (κ1) is 16.0. The summed E-state index contributed by atoms with van der Waals surface area (Å²) in [5, 5.41) is 6.58. The predicted molar refractivity (Wildman–Crippen MR) is 96.5 cm³/mol. The Morgan fingerprint density at radius 3 is 2.95 bits per heavy atom. The summed E-state index contributed by atoms with van der Waals surface area (Å²) in [6.45, 7) is 1.45. The molecule has 1 saturated heterocycles. The summed E-state index contributed by atoms with van der Waals surface area (Å²) in [7, 11) is 0. The molecule has 22 heavy (non-hydrogen) atoms. The van der Waals surface area contributed by atoms with Gasteiger partial charge in [-0.25, -0.2) is 5.01 Å². The van der Waals surface area contributed by atoms with Crippen molar-refractivity contribution in [2.24, 2.45) is 5.10 Å². The van der Waals surface area contributed by atoms with Gasteiger partial charge in [0.05, 0.1) is 23.7 Å². The number of carbonyl (C=O) groups is 1. The highest BCUT2D eigenvalue weighted by molar-refractivity contribution is 8.22. The number of nitrogens with zero attached hydrogens (tertiary/aromatic N) is 3. The van der Waals surface area contributed by atoms with Gasteiger partial charge < -0.3 is 4.90 Å². The molecule has 1 fully saturated rings. The maximum absolute atomic E-state index is 12.1. The van der Waals surface area contributed by atoms with E-state index in [0.29, 0.717) is 13.0 Å². The fourth-order valence-electron chi connectivity index (χ4n) is 2.99. The number of carbonyl (C=O) groups excluding carboxylic acids is 1. The lowest BCUT2D eigenvalue weighted by atomic mass is 9.97. The van der Waals surface area contributed by atoms with Gasteiger partial charge in [0.2, 0.25) is 5.91 Å². The standard InChI is InChI=1S/C15H18ClN3OS2/c1-22-15(21)19-9-12(18-8-2-3-13(18)20)14(17-19)10-4-6-11(16)7-5-10/h4-6,11-12H,2-3,7-9H2,1H3. The van der Waals surface area contributed by atoms with Gasteiger partial charge >= 0.3 is 0 Å². The van der Waals surface area contributed by atoms with Crippen LogP contribution in [0.1, 0.15) is 19.3 Å². The molecular weight excluding hydrogens is 338 g/mol.